The number of benzene rings is 1. The summed E-state index contributed by atoms with van der Waals surface area (Å²) < 4.78 is 44.6. The quantitative estimate of drug-likeness (QED) is 0.815. The Bertz CT molecular complexity index is 628. The topological polar surface area (TPSA) is 59.3 Å². The number of alkyl halides is 3. The molecular weight excluding hydrogens is 311 g/mol. The second-order valence-electron chi connectivity index (χ2n) is 5.14. The Morgan fingerprint density at radius 2 is 2.17 bits per heavy atom. The molecule has 1 aromatic heterocycles. The second kappa shape index (κ2) is 7.47. The Morgan fingerprint density at radius 3 is 2.83 bits per heavy atom. The summed E-state index contributed by atoms with van der Waals surface area (Å²) in [6, 6.07) is 4.57. The van der Waals surface area contributed by atoms with Crippen LogP contribution in [0.5, 0.6) is 5.75 Å². The largest absolute Gasteiger partial charge is 0.491 e. The van der Waals surface area contributed by atoms with Crippen molar-refractivity contribution in [3.63, 3.8) is 0 Å². The third-order valence-electron chi connectivity index (χ3n) is 3.07. The molecule has 0 bridgehead atoms. The van der Waals surface area contributed by atoms with E-state index in [1.165, 1.54) is 12.1 Å². The molecule has 0 aliphatic rings. The van der Waals surface area contributed by atoms with Crippen LogP contribution in [-0.2, 0) is 19.8 Å². The maximum absolute atomic E-state index is 12.6. The molecule has 0 saturated heterocycles. The van der Waals surface area contributed by atoms with Crippen LogP contribution >= 0.6 is 0 Å². The van der Waals surface area contributed by atoms with Gasteiger partial charge in [0, 0.05) is 31.9 Å². The lowest BCUT2D eigenvalue weighted by atomic mass is 10.2. The lowest BCUT2D eigenvalue weighted by Gasteiger charge is -2.14. The van der Waals surface area contributed by atoms with Crippen LogP contribution in [0.15, 0.2) is 36.7 Å². The molecular formula is C15H18F3N3O2. The van der Waals surface area contributed by atoms with E-state index < -0.39 is 17.8 Å². The van der Waals surface area contributed by atoms with Crippen molar-refractivity contribution in [3.8, 4) is 5.75 Å². The van der Waals surface area contributed by atoms with Gasteiger partial charge in [0.25, 0.3) is 0 Å². The molecule has 1 unspecified atom stereocenters. The van der Waals surface area contributed by atoms with Gasteiger partial charge in [0.15, 0.2) is 0 Å². The number of nitrogens with one attached hydrogen (secondary N) is 1. The van der Waals surface area contributed by atoms with Crippen molar-refractivity contribution in [2.45, 2.75) is 18.8 Å². The summed E-state index contributed by atoms with van der Waals surface area (Å²) in [5.41, 5.74) is 0.192. The first-order chi connectivity index (χ1) is 10.8. The highest BCUT2D eigenvalue weighted by Gasteiger charge is 2.30. The molecule has 0 amide bonds. The number of aliphatic hydroxyl groups is 1. The Kier molecular flexibility index (Phi) is 5.62. The number of hydrogen-bond donors (Lipinski definition) is 2. The molecule has 1 atom stereocenters. The summed E-state index contributed by atoms with van der Waals surface area (Å²) in [6.07, 6.45) is -1.69. The van der Waals surface area contributed by atoms with Crippen molar-refractivity contribution in [2.75, 3.05) is 13.2 Å². The standard InChI is InChI=1S/C15H18F3N3O2/c1-21-9-11(7-20-21)6-19-8-13(22)10-23-14-4-2-3-12(5-14)15(16,17)18/h2-5,7,9,13,19,22H,6,8,10H2,1H3. The Labute approximate surface area is 131 Å². The summed E-state index contributed by atoms with van der Waals surface area (Å²) in [5, 5.41) is 16.8. The molecule has 1 aromatic carbocycles. The van der Waals surface area contributed by atoms with Crippen LogP contribution in [0, 0.1) is 0 Å². The normalized spacial score (nSPS) is 13.1. The van der Waals surface area contributed by atoms with E-state index in [-0.39, 0.29) is 18.9 Å². The van der Waals surface area contributed by atoms with Gasteiger partial charge in [0.05, 0.1) is 11.8 Å². The van der Waals surface area contributed by atoms with Crippen molar-refractivity contribution >= 4 is 0 Å². The van der Waals surface area contributed by atoms with E-state index in [0.29, 0.717) is 6.54 Å². The number of aliphatic hydroxyl groups excluding tert-OH is 1. The first-order valence-corrected chi connectivity index (χ1v) is 7.01. The highest BCUT2D eigenvalue weighted by Crippen LogP contribution is 2.31. The highest BCUT2D eigenvalue weighted by molar-refractivity contribution is 5.30. The molecule has 126 valence electrons. The van der Waals surface area contributed by atoms with Gasteiger partial charge < -0.3 is 15.2 Å². The van der Waals surface area contributed by atoms with Crippen molar-refractivity contribution in [1.82, 2.24) is 15.1 Å². The number of aromatic nitrogens is 2. The highest BCUT2D eigenvalue weighted by atomic mass is 19.4. The van der Waals surface area contributed by atoms with Crippen molar-refractivity contribution in [1.29, 1.82) is 0 Å². The smallest absolute Gasteiger partial charge is 0.416 e. The minimum Gasteiger partial charge on any atom is -0.491 e. The van der Waals surface area contributed by atoms with Gasteiger partial charge in [-0.05, 0) is 18.2 Å². The second-order valence-corrected chi connectivity index (χ2v) is 5.14. The fourth-order valence-electron chi connectivity index (χ4n) is 1.96. The number of rotatable bonds is 7. The molecule has 0 fully saturated rings. The van der Waals surface area contributed by atoms with Gasteiger partial charge in [-0.3, -0.25) is 4.68 Å². The molecule has 1 heterocycles. The molecule has 2 rings (SSSR count). The van der Waals surface area contributed by atoms with Crippen molar-refractivity contribution in [2.24, 2.45) is 7.05 Å². The van der Waals surface area contributed by atoms with Gasteiger partial charge >= 0.3 is 6.18 Å². The van der Waals surface area contributed by atoms with Gasteiger partial charge in [-0.15, -0.1) is 0 Å². The van der Waals surface area contributed by atoms with Crippen LogP contribution in [-0.4, -0.2) is 34.1 Å². The molecule has 0 radical (unpaired) electrons. The predicted octanol–water partition coefficient (Wildman–Crippen LogP) is 1.97. The molecule has 2 N–H and O–H groups in total. The van der Waals surface area contributed by atoms with E-state index >= 15 is 0 Å². The lowest BCUT2D eigenvalue weighted by Crippen LogP contribution is -2.31. The van der Waals surface area contributed by atoms with E-state index in [4.69, 9.17) is 4.74 Å². The third-order valence-corrected chi connectivity index (χ3v) is 3.07. The SMILES string of the molecule is Cn1cc(CNCC(O)COc2cccc(C(F)(F)F)c2)cn1. The van der Waals surface area contributed by atoms with E-state index in [2.05, 4.69) is 10.4 Å². The third kappa shape index (κ3) is 5.57. The van der Waals surface area contributed by atoms with E-state index in [9.17, 15) is 18.3 Å². The number of hydrogen-bond acceptors (Lipinski definition) is 4. The minimum absolute atomic E-state index is 0.0751. The van der Waals surface area contributed by atoms with Gasteiger partial charge in [0.2, 0.25) is 0 Å². The molecule has 2 aromatic rings. The van der Waals surface area contributed by atoms with E-state index in [1.54, 1.807) is 17.9 Å². The summed E-state index contributed by atoms with van der Waals surface area (Å²) in [4.78, 5) is 0. The maximum Gasteiger partial charge on any atom is 0.416 e. The maximum atomic E-state index is 12.6. The first-order valence-electron chi connectivity index (χ1n) is 7.01. The molecule has 0 spiro atoms. The average Bonchev–Trinajstić information content (AvgIpc) is 2.90. The Morgan fingerprint density at radius 1 is 1.39 bits per heavy atom. The first kappa shape index (κ1) is 17.3. The number of nitrogens with zero attached hydrogens (tertiary/aromatic N) is 2. The van der Waals surface area contributed by atoms with Crippen LogP contribution in [0.2, 0.25) is 0 Å². The van der Waals surface area contributed by atoms with E-state index in [1.807, 2.05) is 6.20 Å². The van der Waals surface area contributed by atoms with Crippen LogP contribution in [0.25, 0.3) is 0 Å². The average molecular weight is 329 g/mol. The molecule has 0 aliphatic heterocycles. The zero-order valence-electron chi connectivity index (χ0n) is 12.5. The van der Waals surface area contributed by atoms with Gasteiger partial charge in [-0.25, -0.2) is 0 Å². The molecule has 0 saturated carbocycles. The van der Waals surface area contributed by atoms with Crippen LogP contribution in [0.1, 0.15) is 11.1 Å². The summed E-state index contributed by atoms with van der Waals surface area (Å²) >= 11 is 0. The fraction of sp³-hybridized carbons (Fsp3) is 0.400. The molecule has 8 heteroatoms. The number of aryl methyl sites for hydroxylation is 1. The van der Waals surface area contributed by atoms with E-state index in [0.717, 1.165) is 17.7 Å². The van der Waals surface area contributed by atoms with Crippen molar-refractivity contribution in [3.05, 3.63) is 47.8 Å². The van der Waals surface area contributed by atoms with Crippen LogP contribution < -0.4 is 10.1 Å². The van der Waals surface area contributed by atoms with Crippen molar-refractivity contribution < 1.29 is 23.0 Å². The molecule has 5 nitrogen and oxygen atoms in total. The summed E-state index contributed by atoms with van der Waals surface area (Å²) in [7, 11) is 1.81. The number of halogens is 3. The predicted molar refractivity (Wildman–Crippen MR) is 77.9 cm³/mol. The molecule has 23 heavy (non-hydrogen) atoms. The monoisotopic (exact) mass is 329 g/mol. The zero-order chi connectivity index (χ0) is 16.9. The minimum atomic E-state index is -4.41. The Hall–Kier alpha value is -2.06. The van der Waals surface area contributed by atoms with Crippen LogP contribution in [0.4, 0.5) is 13.2 Å². The molecule has 0 aliphatic carbocycles. The Balaban J connectivity index is 1.74. The van der Waals surface area contributed by atoms with Gasteiger partial charge in [0.1, 0.15) is 18.5 Å². The summed E-state index contributed by atoms with van der Waals surface area (Å²) in [5.74, 6) is 0.0751. The number of ether oxygens (including phenoxy) is 1. The van der Waals surface area contributed by atoms with Gasteiger partial charge in [-0.2, -0.15) is 18.3 Å². The zero-order valence-corrected chi connectivity index (χ0v) is 12.5. The lowest BCUT2D eigenvalue weighted by molar-refractivity contribution is -0.137. The summed E-state index contributed by atoms with van der Waals surface area (Å²) in [6.45, 7) is 0.698. The fourth-order valence-corrected chi connectivity index (χ4v) is 1.96. The van der Waals surface area contributed by atoms with Gasteiger partial charge in [-0.1, -0.05) is 6.07 Å². The van der Waals surface area contributed by atoms with Crippen LogP contribution in [0.3, 0.4) is 0 Å².